The lowest BCUT2D eigenvalue weighted by Crippen LogP contribution is -2.13. The van der Waals surface area contributed by atoms with Crippen LogP contribution in [0.25, 0.3) is 0 Å². The zero-order valence-corrected chi connectivity index (χ0v) is 9.80. The van der Waals surface area contributed by atoms with E-state index in [0.29, 0.717) is 0 Å². The molecule has 0 aliphatic carbocycles. The number of benzene rings is 1. The molecule has 0 N–H and O–H groups in total. The van der Waals surface area contributed by atoms with Gasteiger partial charge in [-0.05, 0) is 24.6 Å². The van der Waals surface area contributed by atoms with Crippen molar-refractivity contribution in [3.05, 3.63) is 41.7 Å². The third kappa shape index (κ3) is 2.82. The Morgan fingerprint density at radius 3 is 2.44 bits per heavy atom. The Bertz CT molecular complexity index is 478. The minimum Gasteiger partial charge on any atom is -0.466 e. The lowest BCUT2D eigenvalue weighted by atomic mass is 10.0. The predicted molar refractivity (Wildman–Crippen MR) is 58.3 cm³/mol. The fraction of sp³-hybridized carbons (Fsp3) is 0.250. The quantitative estimate of drug-likeness (QED) is 0.617. The molecule has 0 spiro atoms. The van der Waals surface area contributed by atoms with Crippen molar-refractivity contribution >= 4 is 5.97 Å². The minimum atomic E-state index is -4.58. The summed E-state index contributed by atoms with van der Waals surface area (Å²) >= 11 is 0. The van der Waals surface area contributed by atoms with Crippen LogP contribution in [0.5, 0.6) is 5.75 Å². The van der Waals surface area contributed by atoms with E-state index < -0.39 is 17.7 Å². The average molecular weight is 260 g/mol. The third-order valence-corrected chi connectivity index (χ3v) is 2.31. The molecule has 0 aliphatic heterocycles. The summed E-state index contributed by atoms with van der Waals surface area (Å²) in [4.78, 5) is 11.4. The average Bonchev–Trinajstić information content (AvgIpc) is 2.29. The summed E-state index contributed by atoms with van der Waals surface area (Å²) in [6, 6.07) is 1.99. The van der Waals surface area contributed by atoms with Gasteiger partial charge in [0, 0.05) is 0 Å². The van der Waals surface area contributed by atoms with Crippen molar-refractivity contribution in [2.75, 3.05) is 7.11 Å². The number of halogens is 3. The van der Waals surface area contributed by atoms with Gasteiger partial charge in [-0.15, -0.1) is 0 Å². The number of rotatable bonds is 3. The molecule has 0 amide bonds. The van der Waals surface area contributed by atoms with Gasteiger partial charge in [0.15, 0.2) is 0 Å². The van der Waals surface area contributed by atoms with Crippen molar-refractivity contribution < 1.29 is 27.4 Å². The van der Waals surface area contributed by atoms with E-state index in [9.17, 15) is 18.0 Å². The van der Waals surface area contributed by atoms with Gasteiger partial charge in [-0.1, -0.05) is 6.58 Å². The van der Waals surface area contributed by atoms with E-state index in [1.165, 1.54) is 13.0 Å². The van der Waals surface area contributed by atoms with Crippen LogP contribution in [0.1, 0.15) is 21.5 Å². The molecule has 0 atom stereocenters. The van der Waals surface area contributed by atoms with Crippen LogP contribution in [0, 0.1) is 6.92 Å². The Balaban J connectivity index is 3.47. The first-order valence-corrected chi connectivity index (χ1v) is 4.89. The number of hydrogen-bond acceptors (Lipinski definition) is 3. The first kappa shape index (κ1) is 14.1. The molecule has 0 bridgehead atoms. The first-order chi connectivity index (χ1) is 8.31. The maximum Gasteiger partial charge on any atom is 0.416 e. The highest BCUT2D eigenvalue weighted by Gasteiger charge is 2.35. The maximum absolute atomic E-state index is 12.8. The van der Waals surface area contributed by atoms with Crippen LogP contribution in [0.2, 0.25) is 0 Å². The van der Waals surface area contributed by atoms with Crippen molar-refractivity contribution in [3.8, 4) is 5.75 Å². The van der Waals surface area contributed by atoms with Crippen molar-refractivity contribution in [1.82, 2.24) is 0 Å². The molecular weight excluding hydrogens is 249 g/mol. The van der Waals surface area contributed by atoms with Crippen LogP contribution >= 0.6 is 0 Å². The molecule has 98 valence electrons. The monoisotopic (exact) mass is 260 g/mol. The van der Waals surface area contributed by atoms with E-state index in [0.717, 1.165) is 19.4 Å². The van der Waals surface area contributed by atoms with E-state index in [-0.39, 0.29) is 16.9 Å². The fourth-order valence-corrected chi connectivity index (χ4v) is 1.47. The molecule has 0 aromatic heterocycles. The standard InChI is InChI=1S/C12H11F3O3/c1-4-18-8-5-9(11(16)17-3)7(2)10(6-8)12(13,14)15/h4-6H,1H2,2-3H3. The molecule has 1 aromatic carbocycles. The van der Waals surface area contributed by atoms with Gasteiger partial charge in [-0.2, -0.15) is 13.2 Å². The topological polar surface area (TPSA) is 35.5 Å². The number of carbonyl (C=O) groups is 1. The molecule has 0 unspecified atom stereocenters. The summed E-state index contributed by atoms with van der Waals surface area (Å²) in [6.07, 6.45) is -3.60. The largest absolute Gasteiger partial charge is 0.466 e. The van der Waals surface area contributed by atoms with Gasteiger partial charge in [0.05, 0.1) is 24.5 Å². The Kier molecular flexibility index (Phi) is 4.00. The molecule has 0 aliphatic rings. The van der Waals surface area contributed by atoms with E-state index in [1.807, 2.05) is 0 Å². The zero-order chi connectivity index (χ0) is 13.9. The summed E-state index contributed by atoms with van der Waals surface area (Å²) in [7, 11) is 1.09. The molecule has 6 heteroatoms. The van der Waals surface area contributed by atoms with Gasteiger partial charge in [0.2, 0.25) is 0 Å². The second-order valence-corrected chi connectivity index (χ2v) is 3.42. The predicted octanol–water partition coefficient (Wildman–Crippen LogP) is 3.32. The van der Waals surface area contributed by atoms with Gasteiger partial charge in [-0.3, -0.25) is 0 Å². The first-order valence-electron chi connectivity index (χ1n) is 4.89. The highest BCUT2D eigenvalue weighted by atomic mass is 19.4. The number of esters is 1. The summed E-state index contributed by atoms with van der Waals surface area (Å²) in [6.45, 7) is 4.45. The van der Waals surface area contributed by atoms with Crippen LogP contribution in [0.15, 0.2) is 25.0 Å². The SMILES string of the molecule is C=COc1cc(C(=O)OC)c(C)c(C(F)(F)F)c1. The lowest BCUT2D eigenvalue weighted by Gasteiger charge is -2.14. The van der Waals surface area contributed by atoms with Gasteiger partial charge in [0.1, 0.15) is 5.75 Å². The molecule has 0 heterocycles. The van der Waals surface area contributed by atoms with Crippen molar-refractivity contribution in [3.63, 3.8) is 0 Å². The molecular formula is C12H11F3O3. The molecule has 0 saturated carbocycles. The molecule has 1 aromatic rings. The summed E-state index contributed by atoms with van der Waals surface area (Å²) in [5, 5.41) is 0. The summed E-state index contributed by atoms with van der Waals surface area (Å²) in [5.41, 5.74) is -1.34. The normalized spacial score (nSPS) is 10.9. The minimum absolute atomic E-state index is 0.122. The number of carbonyl (C=O) groups excluding carboxylic acids is 1. The Morgan fingerprint density at radius 2 is 2.00 bits per heavy atom. The van der Waals surface area contributed by atoms with E-state index in [4.69, 9.17) is 4.74 Å². The van der Waals surface area contributed by atoms with Crippen LogP contribution in [0.4, 0.5) is 13.2 Å². The smallest absolute Gasteiger partial charge is 0.416 e. The van der Waals surface area contributed by atoms with E-state index in [1.54, 1.807) is 0 Å². The molecule has 3 nitrogen and oxygen atoms in total. The molecule has 18 heavy (non-hydrogen) atoms. The summed E-state index contributed by atoms with van der Waals surface area (Å²) in [5.74, 6) is -0.976. The molecule has 0 saturated heterocycles. The van der Waals surface area contributed by atoms with Gasteiger partial charge in [-0.25, -0.2) is 4.79 Å². The Labute approximate surface area is 102 Å². The van der Waals surface area contributed by atoms with E-state index >= 15 is 0 Å². The summed E-state index contributed by atoms with van der Waals surface area (Å²) < 4.78 is 47.6. The Hall–Kier alpha value is -1.98. The second kappa shape index (κ2) is 5.12. The fourth-order valence-electron chi connectivity index (χ4n) is 1.47. The van der Waals surface area contributed by atoms with Crippen molar-refractivity contribution in [2.24, 2.45) is 0 Å². The molecule has 0 radical (unpaired) electrons. The Morgan fingerprint density at radius 1 is 1.39 bits per heavy atom. The zero-order valence-electron chi connectivity index (χ0n) is 9.80. The number of alkyl halides is 3. The molecule has 1 rings (SSSR count). The number of hydrogen-bond donors (Lipinski definition) is 0. The van der Waals surface area contributed by atoms with Crippen LogP contribution in [-0.4, -0.2) is 13.1 Å². The van der Waals surface area contributed by atoms with Crippen molar-refractivity contribution in [1.29, 1.82) is 0 Å². The van der Waals surface area contributed by atoms with Crippen LogP contribution in [-0.2, 0) is 10.9 Å². The number of ether oxygens (including phenoxy) is 2. The second-order valence-electron chi connectivity index (χ2n) is 3.42. The highest BCUT2D eigenvalue weighted by molar-refractivity contribution is 5.92. The molecule has 0 fully saturated rings. The number of methoxy groups -OCH3 is 1. The van der Waals surface area contributed by atoms with Gasteiger partial charge < -0.3 is 9.47 Å². The van der Waals surface area contributed by atoms with Crippen LogP contribution < -0.4 is 4.74 Å². The highest BCUT2D eigenvalue weighted by Crippen LogP contribution is 2.36. The van der Waals surface area contributed by atoms with Gasteiger partial charge in [0.25, 0.3) is 0 Å². The third-order valence-electron chi connectivity index (χ3n) is 2.31. The van der Waals surface area contributed by atoms with E-state index in [2.05, 4.69) is 11.3 Å². The van der Waals surface area contributed by atoms with Crippen molar-refractivity contribution in [2.45, 2.75) is 13.1 Å². The van der Waals surface area contributed by atoms with Gasteiger partial charge >= 0.3 is 12.1 Å². The van der Waals surface area contributed by atoms with Crippen LogP contribution in [0.3, 0.4) is 0 Å². The maximum atomic E-state index is 12.8. The lowest BCUT2D eigenvalue weighted by molar-refractivity contribution is -0.138.